The first-order valence-corrected chi connectivity index (χ1v) is 3.18. The molecule has 0 spiro atoms. The van der Waals surface area contributed by atoms with Gasteiger partial charge in [-0.05, 0) is 34.7 Å². The first-order chi connectivity index (χ1) is 3.39. The Morgan fingerprint density at radius 2 is 1.33 bits per heavy atom. The maximum atomic E-state index is 2.28. The number of rotatable bonds is 0. The topological polar surface area (TPSA) is 0 Å². The molecule has 0 N–H and O–H groups in total. The minimum Gasteiger partial charge on any atom is -0.107 e. The lowest BCUT2D eigenvalue weighted by Gasteiger charge is -1.80. The van der Waals surface area contributed by atoms with Crippen LogP contribution in [0.25, 0.3) is 0 Å². The minimum absolute atomic E-state index is 0. The van der Waals surface area contributed by atoms with Gasteiger partial charge in [-0.2, -0.15) is 0 Å². The van der Waals surface area contributed by atoms with Crippen molar-refractivity contribution < 1.29 is 0 Å². The molecule has 52 valence electrons. The second-order valence-corrected chi connectivity index (χ2v) is 2.54. The number of hydrogen-bond acceptors (Lipinski definition) is 0. The highest BCUT2D eigenvalue weighted by Crippen LogP contribution is 1.99. The summed E-state index contributed by atoms with van der Waals surface area (Å²) in [6, 6.07) is 10.2. The van der Waals surface area contributed by atoms with E-state index in [0.717, 1.165) is 0 Å². The van der Waals surface area contributed by atoms with E-state index in [0.29, 0.717) is 0 Å². The molecule has 0 amide bonds. The number of hydrogen-bond donors (Lipinski definition) is 0. The lowest BCUT2D eigenvalue weighted by Crippen LogP contribution is -1.61. The van der Waals surface area contributed by atoms with Gasteiger partial charge in [0.2, 0.25) is 0 Å². The maximum Gasteiger partial charge on any atom is 0.0130 e. The average Bonchev–Trinajstić information content (AvgIpc) is 1.69. The second-order valence-electron chi connectivity index (χ2n) is 1.30. The van der Waals surface area contributed by atoms with Crippen LogP contribution in [0.1, 0.15) is 0 Å². The fraction of sp³-hybridized carbons (Fsp3) is 0. The van der Waals surface area contributed by atoms with Crippen molar-refractivity contribution in [2.24, 2.45) is 0 Å². The lowest BCUT2D eigenvalue weighted by molar-refractivity contribution is 1.65. The van der Waals surface area contributed by atoms with Gasteiger partial charge in [-0.3, -0.25) is 0 Å². The number of benzene rings is 1. The fourth-order valence-corrected chi connectivity index (χ4v) is 0.830. The third-order valence-corrected chi connectivity index (χ3v) is 1.45. The third kappa shape index (κ3) is 5.84. The van der Waals surface area contributed by atoms with Crippen molar-refractivity contribution in [3.63, 3.8) is 0 Å². The van der Waals surface area contributed by atoms with Gasteiger partial charge in [-0.15, -0.1) is 48.0 Å². The molecular formula is C6H7I3. The van der Waals surface area contributed by atoms with E-state index in [2.05, 4.69) is 34.7 Å². The summed E-state index contributed by atoms with van der Waals surface area (Å²) in [5.41, 5.74) is 0. The highest BCUT2D eigenvalue weighted by molar-refractivity contribution is 14.1. The summed E-state index contributed by atoms with van der Waals surface area (Å²) in [5, 5.41) is 0. The molecule has 0 saturated heterocycles. The highest BCUT2D eigenvalue weighted by atomic mass is 127. The van der Waals surface area contributed by atoms with E-state index in [1.54, 1.807) is 0 Å². The van der Waals surface area contributed by atoms with Crippen LogP contribution in [-0.4, -0.2) is 0 Å². The molecule has 0 atom stereocenters. The summed E-state index contributed by atoms with van der Waals surface area (Å²) in [7, 11) is 0. The van der Waals surface area contributed by atoms with Crippen molar-refractivity contribution in [2.75, 3.05) is 0 Å². The van der Waals surface area contributed by atoms with E-state index in [4.69, 9.17) is 0 Å². The molecule has 1 aromatic rings. The number of halogens is 3. The summed E-state index contributed by atoms with van der Waals surface area (Å²) in [5.74, 6) is 0. The summed E-state index contributed by atoms with van der Waals surface area (Å²) >= 11 is 2.28. The molecule has 0 aliphatic heterocycles. The van der Waals surface area contributed by atoms with E-state index in [9.17, 15) is 0 Å². The van der Waals surface area contributed by atoms with Gasteiger partial charge in [-0.25, -0.2) is 0 Å². The van der Waals surface area contributed by atoms with E-state index < -0.39 is 0 Å². The zero-order valence-electron chi connectivity index (χ0n) is 4.58. The Kier molecular flexibility index (Phi) is 10.9. The molecule has 0 aromatic heterocycles. The smallest absolute Gasteiger partial charge is 0.0130 e. The third-order valence-electron chi connectivity index (χ3n) is 0.733. The average molecular weight is 460 g/mol. The molecule has 3 heteroatoms. The predicted molar refractivity (Wildman–Crippen MR) is 70.0 cm³/mol. The van der Waals surface area contributed by atoms with Crippen molar-refractivity contribution in [2.45, 2.75) is 0 Å². The van der Waals surface area contributed by atoms with Gasteiger partial charge in [0.05, 0.1) is 0 Å². The zero-order valence-corrected chi connectivity index (χ0v) is 11.4. The largest absolute Gasteiger partial charge is 0.107 e. The second kappa shape index (κ2) is 7.52. The van der Waals surface area contributed by atoms with E-state index in [-0.39, 0.29) is 48.0 Å². The van der Waals surface area contributed by atoms with Crippen molar-refractivity contribution in [1.82, 2.24) is 0 Å². The first kappa shape index (κ1) is 13.0. The molecule has 0 heterocycles. The molecule has 0 radical (unpaired) electrons. The SMILES string of the molecule is I.I.Ic1ccccc1. The molecule has 0 aliphatic carbocycles. The molecule has 9 heavy (non-hydrogen) atoms. The predicted octanol–water partition coefficient (Wildman–Crippen LogP) is 3.53. The van der Waals surface area contributed by atoms with E-state index in [1.807, 2.05) is 18.2 Å². The van der Waals surface area contributed by atoms with Crippen LogP contribution in [0, 0.1) is 3.57 Å². The van der Waals surface area contributed by atoms with Gasteiger partial charge in [0.1, 0.15) is 0 Å². The Morgan fingerprint density at radius 3 is 1.56 bits per heavy atom. The van der Waals surface area contributed by atoms with Crippen LogP contribution in [0.4, 0.5) is 0 Å². The Balaban J connectivity index is 0. The van der Waals surface area contributed by atoms with E-state index >= 15 is 0 Å². The molecule has 0 aliphatic rings. The Labute approximate surface area is 103 Å². The van der Waals surface area contributed by atoms with Crippen molar-refractivity contribution in [1.29, 1.82) is 0 Å². The normalized spacial score (nSPS) is 6.78. The van der Waals surface area contributed by atoms with E-state index in [1.165, 1.54) is 3.57 Å². The van der Waals surface area contributed by atoms with Gasteiger partial charge in [0.25, 0.3) is 0 Å². The quantitative estimate of drug-likeness (QED) is 0.521. The molecule has 1 aromatic carbocycles. The van der Waals surface area contributed by atoms with Crippen LogP contribution in [0.15, 0.2) is 30.3 Å². The molecule has 0 fully saturated rings. The van der Waals surface area contributed by atoms with Crippen LogP contribution in [0.2, 0.25) is 0 Å². The molecular weight excluding hydrogens is 453 g/mol. The van der Waals surface area contributed by atoms with Crippen LogP contribution in [-0.2, 0) is 0 Å². The summed E-state index contributed by atoms with van der Waals surface area (Å²) in [6.45, 7) is 0. The first-order valence-electron chi connectivity index (χ1n) is 2.10. The maximum absolute atomic E-state index is 2.28. The Morgan fingerprint density at radius 1 is 0.889 bits per heavy atom. The molecule has 1 rings (SSSR count). The lowest BCUT2D eigenvalue weighted by atomic mass is 10.4. The van der Waals surface area contributed by atoms with Crippen LogP contribution in [0.3, 0.4) is 0 Å². The summed E-state index contributed by atoms with van der Waals surface area (Å²) < 4.78 is 1.29. The summed E-state index contributed by atoms with van der Waals surface area (Å²) in [6.07, 6.45) is 0. The van der Waals surface area contributed by atoms with Gasteiger partial charge < -0.3 is 0 Å². The van der Waals surface area contributed by atoms with Crippen LogP contribution >= 0.6 is 70.5 Å². The van der Waals surface area contributed by atoms with Gasteiger partial charge >= 0.3 is 0 Å². The minimum atomic E-state index is 0. The Bertz CT molecular complexity index is 138. The molecule has 0 saturated carbocycles. The highest BCUT2D eigenvalue weighted by Gasteiger charge is 1.74. The monoisotopic (exact) mass is 460 g/mol. The van der Waals surface area contributed by atoms with Gasteiger partial charge in [-0.1, -0.05) is 18.2 Å². The van der Waals surface area contributed by atoms with Crippen molar-refractivity contribution in [3.05, 3.63) is 33.9 Å². The molecule has 0 bridgehead atoms. The van der Waals surface area contributed by atoms with Crippen LogP contribution in [0.5, 0.6) is 0 Å². The Hall–Kier alpha value is 1.41. The standard InChI is InChI=1S/C6H5I.2HI/c7-6-4-2-1-3-5-6;;/h1-5H;2*1H. The van der Waals surface area contributed by atoms with Crippen molar-refractivity contribution >= 4 is 70.5 Å². The van der Waals surface area contributed by atoms with Crippen molar-refractivity contribution in [3.8, 4) is 0 Å². The fourth-order valence-electron chi connectivity index (χ4n) is 0.415. The molecule has 0 nitrogen and oxygen atoms in total. The molecule has 0 unspecified atom stereocenters. The summed E-state index contributed by atoms with van der Waals surface area (Å²) in [4.78, 5) is 0. The van der Waals surface area contributed by atoms with Gasteiger partial charge in [0.15, 0.2) is 0 Å². The van der Waals surface area contributed by atoms with Gasteiger partial charge in [0, 0.05) is 3.57 Å². The van der Waals surface area contributed by atoms with Crippen LogP contribution < -0.4 is 0 Å². The zero-order chi connectivity index (χ0) is 5.11.